The van der Waals surface area contributed by atoms with Crippen LogP contribution in [0.1, 0.15) is 68.8 Å². The van der Waals surface area contributed by atoms with Crippen molar-refractivity contribution in [2.75, 3.05) is 7.05 Å². The van der Waals surface area contributed by atoms with Crippen LogP contribution in [0.25, 0.3) is 0 Å². The molecule has 3 rings (SSSR count). The van der Waals surface area contributed by atoms with E-state index < -0.39 is 0 Å². The lowest BCUT2D eigenvalue weighted by Crippen LogP contribution is -2.46. The Morgan fingerprint density at radius 1 is 1.26 bits per heavy atom. The summed E-state index contributed by atoms with van der Waals surface area (Å²) in [5, 5.41) is 10.9. The first kappa shape index (κ1) is 16.5. The van der Waals surface area contributed by atoms with Crippen molar-refractivity contribution in [1.29, 1.82) is 0 Å². The molecule has 0 unspecified atom stereocenters. The van der Waals surface area contributed by atoms with Crippen molar-refractivity contribution >= 4 is 5.91 Å². The van der Waals surface area contributed by atoms with Gasteiger partial charge >= 0.3 is 0 Å². The molecule has 0 radical (unpaired) electrons. The lowest BCUT2D eigenvalue weighted by molar-refractivity contribution is -0.126. The van der Waals surface area contributed by atoms with E-state index in [0.717, 1.165) is 37.9 Å². The van der Waals surface area contributed by atoms with Gasteiger partial charge in [0.15, 0.2) is 0 Å². The van der Waals surface area contributed by atoms with Gasteiger partial charge in [0.25, 0.3) is 0 Å². The number of likely N-dealkylation sites (N-methyl/N-ethyl adjacent to an activating group) is 1. The standard InChI is InChI=1S/C18H30N4O/c1-13(18(23)19-14-8-6-7-9-14)22(2)12-17-15-10-4-3-5-11-16(15)20-21-17/h13-14H,3-12H2,1-2H3,(H,19,23)(H,20,21)/t13-/m1/s1. The Morgan fingerprint density at radius 3 is 2.78 bits per heavy atom. The van der Waals surface area contributed by atoms with Gasteiger partial charge in [-0.1, -0.05) is 19.3 Å². The third-order valence-corrected chi connectivity index (χ3v) is 5.53. The summed E-state index contributed by atoms with van der Waals surface area (Å²) in [6, 6.07) is 0.272. The molecule has 5 nitrogen and oxygen atoms in total. The highest BCUT2D eigenvalue weighted by Gasteiger charge is 2.25. The molecule has 2 aliphatic rings. The van der Waals surface area contributed by atoms with E-state index in [9.17, 15) is 4.79 Å². The summed E-state index contributed by atoms with van der Waals surface area (Å²) in [5.74, 6) is 0.154. The first-order chi connectivity index (χ1) is 11.1. The van der Waals surface area contributed by atoms with Crippen LogP contribution in [0.4, 0.5) is 0 Å². The Bertz CT molecular complexity index is 533. The topological polar surface area (TPSA) is 61.0 Å². The molecule has 2 N–H and O–H groups in total. The smallest absolute Gasteiger partial charge is 0.237 e. The highest BCUT2D eigenvalue weighted by atomic mass is 16.2. The largest absolute Gasteiger partial charge is 0.352 e. The Labute approximate surface area is 139 Å². The van der Waals surface area contributed by atoms with Gasteiger partial charge in [0.1, 0.15) is 0 Å². The highest BCUT2D eigenvalue weighted by molar-refractivity contribution is 5.81. The second kappa shape index (κ2) is 7.47. The number of H-pyrrole nitrogens is 1. The molecule has 0 bridgehead atoms. The molecule has 23 heavy (non-hydrogen) atoms. The van der Waals surface area contributed by atoms with Crippen LogP contribution >= 0.6 is 0 Å². The molecule has 1 amide bonds. The van der Waals surface area contributed by atoms with Gasteiger partial charge in [-0.2, -0.15) is 5.10 Å². The van der Waals surface area contributed by atoms with Crippen LogP contribution in [0, 0.1) is 0 Å². The number of fused-ring (bicyclic) bond motifs is 1. The Balaban J connectivity index is 1.58. The zero-order valence-corrected chi connectivity index (χ0v) is 14.5. The number of rotatable bonds is 5. The quantitative estimate of drug-likeness (QED) is 0.820. The van der Waals surface area contributed by atoms with Crippen molar-refractivity contribution in [1.82, 2.24) is 20.4 Å². The van der Waals surface area contributed by atoms with E-state index in [2.05, 4.69) is 20.4 Å². The molecule has 2 aliphatic carbocycles. The maximum absolute atomic E-state index is 12.4. The second-order valence-electron chi connectivity index (χ2n) is 7.27. The fraction of sp³-hybridized carbons (Fsp3) is 0.778. The van der Waals surface area contributed by atoms with E-state index in [1.165, 1.54) is 43.4 Å². The van der Waals surface area contributed by atoms with Crippen LogP contribution in [0.5, 0.6) is 0 Å². The monoisotopic (exact) mass is 318 g/mol. The molecular weight excluding hydrogens is 288 g/mol. The average Bonchev–Trinajstić information content (AvgIpc) is 3.11. The van der Waals surface area contributed by atoms with E-state index in [1.54, 1.807) is 0 Å². The van der Waals surface area contributed by atoms with Gasteiger partial charge < -0.3 is 5.32 Å². The number of nitrogens with zero attached hydrogens (tertiary/aromatic N) is 2. The van der Waals surface area contributed by atoms with Gasteiger partial charge in [0.2, 0.25) is 5.91 Å². The average molecular weight is 318 g/mol. The van der Waals surface area contributed by atoms with Crippen LogP contribution in [-0.2, 0) is 24.2 Å². The number of carbonyl (C=O) groups is 1. The zero-order chi connectivity index (χ0) is 16.2. The molecule has 0 saturated heterocycles. The molecule has 1 aromatic heterocycles. The van der Waals surface area contributed by atoms with Gasteiger partial charge in [-0.15, -0.1) is 0 Å². The van der Waals surface area contributed by atoms with Gasteiger partial charge in [-0.25, -0.2) is 0 Å². The van der Waals surface area contributed by atoms with E-state index in [4.69, 9.17) is 0 Å². The summed E-state index contributed by atoms with van der Waals surface area (Å²) < 4.78 is 0. The maximum Gasteiger partial charge on any atom is 0.237 e. The number of aryl methyl sites for hydroxylation is 1. The Hall–Kier alpha value is -1.36. The third kappa shape index (κ3) is 3.94. The number of hydrogen-bond acceptors (Lipinski definition) is 3. The number of nitrogens with one attached hydrogen (secondary N) is 2. The number of amides is 1. The van der Waals surface area contributed by atoms with Crippen molar-refractivity contribution in [3.05, 3.63) is 17.0 Å². The minimum Gasteiger partial charge on any atom is -0.352 e. The van der Waals surface area contributed by atoms with Crippen molar-refractivity contribution in [2.24, 2.45) is 0 Å². The predicted molar refractivity (Wildman–Crippen MR) is 91.2 cm³/mol. The summed E-state index contributed by atoms with van der Waals surface area (Å²) in [7, 11) is 2.02. The van der Waals surface area contributed by atoms with E-state index >= 15 is 0 Å². The lowest BCUT2D eigenvalue weighted by Gasteiger charge is -2.25. The maximum atomic E-state index is 12.4. The number of aromatic amines is 1. The van der Waals surface area contributed by atoms with Gasteiger partial charge in [-0.05, 0) is 58.1 Å². The first-order valence-corrected chi connectivity index (χ1v) is 9.20. The second-order valence-corrected chi connectivity index (χ2v) is 7.27. The Kier molecular flexibility index (Phi) is 5.36. The summed E-state index contributed by atoms with van der Waals surface area (Å²) in [4.78, 5) is 14.5. The Morgan fingerprint density at radius 2 is 2.00 bits per heavy atom. The number of aromatic nitrogens is 2. The summed E-state index contributed by atoms with van der Waals surface area (Å²) in [6.07, 6.45) is 10.8. The fourth-order valence-corrected chi connectivity index (χ4v) is 3.82. The number of hydrogen-bond donors (Lipinski definition) is 2. The normalized spacial score (nSPS) is 20.3. The van der Waals surface area contributed by atoms with E-state index in [-0.39, 0.29) is 11.9 Å². The summed E-state index contributed by atoms with van der Waals surface area (Å²) in [6.45, 7) is 2.74. The minimum absolute atomic E-state index is 0.117. The molecule has 1 heterocycles. The van der Waals surface area contributed by atoms with Crippen LogP contribution in [-0.4, -0.2) is 40.1 Å². The van der Waals surface area contributed by atoms with Crippen LogP contribution in [0.2, 0.25) is 0 Å². The first-order valence-electron chi connectivity index (χ1n) is 9.20. The van der Waals surface area contributed by atoms with Crippen molar-refractivity contribution in [3.63, 3.8) is 0 Å². The third-order valence-electron chi connectivity index (χ3n) is 5.53. The fourth-order valence-electron chi connectivity index (χ4n) is 3.82. The molecule has 0 aromatic carbocycles. The van der Waals surface area contributed by atoms with Crippen LogP contribution < -0.4 is 5.32 Å². The van der Waals surface area contributed by atoms with Crippen LogP contribution in [0.3, 0.4) is 0 Å². The van der Waals surface area contributed by atoms with Gasteiger partial charge in [0, 0.05) is 18.3 Å². The summed E-state index contributed by atoms with van der Waals surface area (Å²) in [5.41, 5.74) is 3.84. The molecule has 0 spiro atoms. The van der Waals surface area contributed by atoms with Gasteiger partial charge in [-0.3, -0.25) is 14.8 Å². The van der Waals surface area contributed by atoms with E-state index in [0.29, 0.717) is 6.04 Å². The molecule has 128 valence electrons. The van der Waals surface area contributed by atoms with Crippen molar-refractivity contribution < 1.29 is 4.79 Å². The molecule has 1 saturated carbocycles. The summed E-state index contributed by atoms with van der Waals surface area (Å²) >= 11 is 0. The predicted octanol–water partition coefficient (Wildman–Crippen LogP) is 2.56. The lowest BCUT2D eigenvalue weighted by atomic mass is 10.1. The number of carbonyl (C=O) groups excluding carboxylic acids is 1. The highest BCUT2D eigenvalue weighted by Crippen LogP contribution is 2.23. The minimum atomic E-state index is -0.117. The molecule has 1 atom stereocenters. The molecular formula is C18H30N4O. The van der Waals surface area contributed by atoms with Crippen LogP contribution in [0.15, 0.2) is 0 Å². The zero-order valence-electron chi connectivity index (χ0n) is 14.5. The molecule has 0 aliphatic heterocycles. The van der Waals surface area contributed by atoms with E-state index in [1.807, 2.05) is 14.0 Å². The molecule has 1 aromatic rings. The van der Waals surface area contributed by atoms with Crippen molar-refractivity contribution in [2.45, 2.75) is 83.3 Å². The SMILES string of the molecule is C[C@H](C(=O)NC1CCCC1)N(C)Cc1n[nH]c2c1CCCCC2. The molecule has 1 fully saturated rings. The van der Waals surface area contributed by atoms with Crippen molar-refractivity contribution in [3.8, 4) is 0 Å². The molecule has 5 heteroatoms. The van der Waals surface area contributed by atoms with Gasteiger partial charge in [0.05, 0.1) is 11.7 Å².